The van der Waals surface area contributed by atoms with Crippen molar-refractivity contribution in [3.63, 3.8) is 0 Å². The summed E-state index contributed by atoms with van der Waals surface area (Å²) in [6.07, 6.45) is 5.92. The number of sulfonamides is 1. The second-order valence-electron chi connectivity index (χ2n) is 8.62. The lowest BCUT2D eigenvalue weighted by molar-refractivity contribution is -0.116. The molecule has 1 amide bonds. The van der Waals surface area contributed by atoms with Gasteiger partial charge in [0, 0.05) is 11.7 Å². The van der Waals surface area contributed by atoms with Crippen LogP contribution in [-0.2, 0) is 20.2 Å². The van der Waals surface area contributed by atoms with Gasteiger partial charge >= 0.3 is 0 Å². The van der Waals surface area contributed by atoms with Crippen molar-refractivity contribution in [1.82, 2.24) is 4.31 Å². The SMILES string of the molecule is N#CC1(c2ccc(NC(=O)CN(C3CCCCC3)S(=O)(=O)c3ccc(F)cc3)cc2)CC1. The van der Waals surface area contributed by atoms with Gasteiger partial charge in [0.25, 0.3) is 0 Å². The standard InChI is InChI=1S/C24H26FN3O3S/c25-19-8-12-22(13-9-19)32(30,31)28(21-4-2-1-3-5-21)16-23(29)27-20-10-6-18(7-11-20)24(17-26)14-15-24/h6-13,21H,1-5,14-16H2,(H,27,29). The number of hydrogen-bond donors (Lipinski definition) is 1. The fourth-order valence-electron chi connectivity index (χ4n) is 4.33. The molecule has 0 heterocycles. The van der Waals surface area contributed by atoms with E-state index < -0.39 is 27.2 Å². The first kappa shape index (κ1) is 22.4. The summed E-state index contributed by atoms with van der Waals surface area (Å²) in [6.45, 7) is -0.311. The van der Waals surface area contributed by atoms with Crippen molar-refractivity contribution in [2.24, 2.45) is 0 Å². The van der Waals surface area contributed by atoms with Crippen LogP contribution < -0.4 is 5.32 Å². The number of nitrogens with zero attached hydrogens (tertiary/aromatic N) is 2. The molecule has 2 saturated carbocycles. The molecule has 4 rings (SSSR count). The van der Waals surface area contributed by atoms with E-state index in [1.807, 2.05) is 12.1 Å². The number of nitriles is 1. The number of nitrogens with one attached hydrogen (secondary N) is 1. The van der Waals surface area contributed by atoms with E-state index in [1.54, 1.807) is 12.1 Å². The summed E-state index contributed by atoms with van der Waals surface area (Å²) in [4.78, 5) is 12.8. The second kappa shape index (κ2) is 9.00. The Bertz CT molecular complexity index is 1110. The summed E-state index contributed by atoms with van der Waals surface area (Å²) in [5.41, 5.74) is 1.08. The van der Waals surface area contributed by atoms with Gasteiger partial charge in [0.1, 0.15) is 5.82 Å². The van der Waals surface area contributed by atoms with Gasteiger partial charge in [0.05, 0.1) is 22.9 Å². The second-order valence-corrected chi connectivity index (χ2v) is 10.5. The Kier molecular flexibility index (Phi) is 6.31. The zero-order valence-electron chi connectivity index (χ0n) is 17.8. The van der Waals surface area contributed by atoms with E-state index >= 15 is 0 Å². The van der Waals surface area contributed by atoms with Crippen molar-refractivity contribution < 1.29 is 17.6 Å². The highest BCUT2D eigenvalue weighted by Gasteiger charge is 2.44. The smallest absolute Gasteiger partial charge is 0.243 e. The maximum atomic E-state index is 13.3. The number of carbonyl (C=O) groups is 1. The molecule has 6 nitrogen and oxygen atoms in total. The Hall–Kier alpha value is -2.76. The maximum Gasteiger partial charge on any atom is 0.243 e. The molecule has 2 fully saturated rings. The van der Waals surface area contributed by atoms with Crippen LogP contribution in [0.15, 0.2) is 53.4 Å². The van der Waals surface area contributed by atoms with Crippen LogP contribution in [0.1, 0.15) is 50.5 Å². The maximum absolute atomic E-state index is 13.3. The minimum atomic E-state index is -3.96. The third kappa shape index (κ3) is 4.69. The normalized spacial score (nSPS) is 18.2. The monoisotopic (exact) mass is 455 g/mol. The lowest BCUT2D eigenvalue weighted by Crippen LogP contribution is -2.45. The lowest BCUT2D eigenvalue weighted by Gasteiger charge is -2.33. The van der Waals surface area contributed by atoms with Gasteiger partial charge in [-0.25, -0.2) is 12.8 Å². The van der Waals surface area contributed by atoms with Gasteiger partial charge in [0.2, 0.25) is 15.9 Å². The topological polar surface area (TPSA) is 90.3 Å². The van der Waals surface area contributed by atoms with Gasteiger partial charge in [-0.3, -0.25) is 4.79 Å². The number of hydrogen-bond acceptors (Lipinski definition) is 4. The Balaban J connectivity index is 1.51. The number of benzene rings is 2. The molecular weight excluding hydrogens is 429 g/mol. The van der Waals surface area contributed by atoms with Gasteiger partial charge in [-0.1, -0.05) is 31.4 Å². The van der Waals surface area contributed by atoms with Crippen LogP contribution in [0.25, 0.3) is 0 Å². The molecule has 2 aromatic rings. The van der Waals surface area contributed by atoms with E-state index in [1.165, 1.54) is 16.4 Å². The molecular formula is C24H26FN3O3S. The average Bonchev–Trinajstić information content (AvgIpc) is 3.60. The Morgan fingerprint density at radius 3 is 2.25 bits per heavy atom. The van der Waals surface area contributed by atoms with Crippen LogP contribution in [0, 0.1) is 17.1 Å². The van der Waals surface area contributed by atoms with Gasteiger partial charge in [-0.2, -0.15) is 9.57 Å². The first-order valence-corrected chi connectivity index (χ1v) is 12.4. The van der Waals surface area contributed by atoms with Gasteiger partial charge in [-0.15, -0.1) is 0 Å². The molecule has 0 saturated heterocycles. The van der Waals surface area contributed by atoms with Gasteiger partial charge in [0.15, 0.2) is 0 Å². The average molecular weight is 456 g/mol. The zero-order valence-corrected chi connectivity index (χ0v) is 18.6. The number of carbonyl (C=O) groups excluding carboxylic acids is 1. The molecule has 1 N–H and O–H groups in total. The van der Waals surface area contributed by atoms with E-state index in [0.29, 0.717) is 18.5 Å². The van der Waals surface area contributed by atoms with Gasteiger partial charge < -0.3 is 5.32 Å². The molecule has 2 aromatic carbocycles. The van der Waals surface area contributed by atoms with E-state index in [0.717, 1.165) is 49.8 Å². The predicted molar refractivity (Wildman–Crippen MR) is 119 cm³/mol. The Labute approximate surface area is 188 Å². The predicted octanol–water partition coefficient (Wildman–Crippen LogP) is 4.34. The summed E-state index contributed by atoms with van der Waals surface area (Å²) in [7, 11) is -3.96. The third-order valence-electron chi connectivity index (χ3n) is 6.39. The van der Waals surface area contributed by atoms with Crippen LogP contribution in [-0.4, -0.2) is 31.2 Å². The molecule has 0 aromatic heterocycles. The van der Waals surface area contributed by atoms with E-state index in [2.05, 4.69) is 11.4 Å². The van der Waals surface area contributed by atoms with Crippen molar-refractivity contribution in [2.75, 3.05) is 11.9 Å². The Morgan fingerprint density at radius 1 is 1.06 bits per heavy atom. The molecule has 8 heteroatoms. The third-order valence-corrected chi connectivity index (χ3v) is 8.30. The Morgan fingerprint density at radius 2 is 1.69 bits per heavy atom. The summed E-state index contributed by atoms with van der Waals surface area (Å²) >= 11 is 0. The van der Waals surface area contributed by atoms with Crippen LogP contribution in [0.5, 0.6) is 0 Å². The van der Waals surface area contributed by atoms with Crippen LogP contribution in [0.2, 0.25) is 0 Å². The highest BCUT2D eigenvalue weighted by Crippen LogP contribution is 2.47. The van der Waals surface area contributed by atoms with Crippen LogP contribution in [0.3, 0.4) is 0 Å². The summed E-state index contributed by atoms with van der Waals surface area (Å²) < 4.78 is 41.2. The molecule has 2 aliphatic carbocycles. The minimum Gasteiger partial charge on any atom is -0.325 e. The minimum absolute atomic E-state index is 0.0205. The van der Waals surface area contributed by atoms with E-state index in [4.69, 9.17) is 0 Å². The largest absolute Gasteiger partial charge is 0.325 e. The first-order valence-electron chi connectivity index (χ1n) is 10.9. The number of amides is 1. The van der Waals surface area contributed by atoms with E-state index in [-0.39, 0.29) is 17.5 Å². The summed E-state index contributed by atoms with van der Waals surface area (Å²) in [5, 5.41) is 12.1. The van der Waals surface area contributed by atoms with Crippen LogP contribution >= 0.6 is 0 Å². The molecule has 0 radical (unpaired) electrons. The van der Waals surface area contributed by atoms with Crippen molar-refractivity contribution in [1.29, 1.82) is 5.26 Å². The lowest BCUT2D eigenvalue weighted by atomic mass is 9.95. The summed E-state index contributed by atoms with van der Waals surface area (Å²) in [6, 6.07) is 13.9. The van der Waals surface area contributed by atoms with Gasteiger partial charge in [-0.05, 0) is 67.6 Å². The molecule has 0 aliphatic heterocycles. The molecule has 2 aliphatic rings. The molecule has 0 bridgehead atoms. The fourth-order valence-corrected chi connectivity index (χ4v) is 5.97. The quantitative estimate of drug-likeness (QED) is 0.672. The van der Waals surface area contributed by atoms with E-state index in [9.17, 15) is 22.9 Å². The molecule has 0 atom stereocenters. The fraction of sp³-hybridized carbons (Fsp3) is 0.417. The molecule has 0 unspecified atom stereocenters. The van der Waals surface area contributed by atoms with Crippen molar-refractivity contribution in [3.8, 4) is 6.07 Å². The number of halogens is 1. The number of rotatable bonds is 7. The summed E-state index contributed by atoms with van der Waals surface area (Å²) in [5.74, 6) is -0.950. The van der Waals surface area contributed by atoms with Crippen molar-refractivity contribution in [3.05, 3.63) is 59.9 Å². The highest BCUT2D eigenvalue weighted by atomic mass is 32.2. The van der Waals surface area contributed by atoms with Crippen molar-refractivity contribution in [2.45, 2.75) is 61.3 Å². The molecule has 168 valence electrons. The van der Waals surface area contributed by atoms with Crippen LogP contribution in [0.4, 0.5) is 10.1 Å². The highest BCUT2D eigenvalue weighted by molar-refractivity contribution is 7.89. The van der Waals surface area contributed by atoms with Crippen molar-refractivity contribution >= 4 is 21.6 Å². The first-order chi connectivity index (χ1) is 15.3. The molecule has 0 spiro atoms. The number of anilines is 1. The molecule has 32 heavy (non-hydrogen) atoms. The zero-order chi connectivity index (χ0) is 22.8.